The molecule has 0 N–H and O–H groups in total. The standard InChI is InChI=1S/C27H23BrN2O3S/c1-15-5-7-17(3)21(9-15)29-27-30(22-10-16(2)6-8-18(22)4)26(31)25(34-27)12-19-11-23-24(13-20(19)28)33-14-32-23/h5-13H,14H2,1-4H3. The maximum absolute atomic E-state index is 13.8. The van der Waals surface area contributed by atoms with Crippen LogP contribution in [0.5, 0.6) is 11.5 Å². The van der Waals surface area contributed by atoms with Crippen LogP contribution in [-0.2, 0) is 4.79 Å². The molecule has 0 aromatic heterocycles. The minimum Gasteiger partial charge on any atom is -0.454 e. The fraction of sp³-hybridized carbons (Fsp3) is 0.185. The van der Waals surface area contributed by atoms with Crippen LogP contribution in [0.3, 0.4) is 0 Å². The number of hydrogen-bond acceptors (Lipinski definition) is 5. The van der Waals surface area contributed by atoms with Crippen LogP contribution in [0.25, 0.3) is 6.08 Å². The average Bonchev–Trinajstić information content (AvgIpc) is 3.36. The Labute approximate surface area is 211 Å². The summed E-state index contributed by atoms with van der Waals surface area (Å²) in [5.74, 6) is 1.25. The predicted octanol–water partition coefficient (Wildman–Crippen LogP) is 7.22. The number of hydrogen-bond donors (Lipinski definition) is 0. The topological polar surface area (TPSA) is 51.1 Å². The summed E-state index contributed by atoms with van der Waals surface area (Å²) in [7, 11) is 0. The van der Waals surface area contributed by atoms with Crippen LogP contribution in [0.2, 0.25) is 0 Å². The van der Waals surface area contributed by atoms with E-state index in [0.717, 1.165) is 43.7 Å². The van der Waals surface area contributed by atoms with E-state index < -0.39 is 0 Å². The average molecular weight is 535 g/mol. The summed E-state index contributed by atoms with van der Waals surface area (Å²) in [6, 6.07) is 16.0. The summed E-state index contributed by atoms with van der Waals surface area (Å²) in [5, 5.41) is 0.635. The first kappa shape index (κ1) is 22.7. The number of ether oxygens (including phenoxy) is 2. The Morgan fingerprint density at radius 1 is 0.941 bits per heavy atom. The Morgan fingerprint density at radius 3 is 2.38 bits per heavy atom. The molecule has 1 saturated heterocycles. The van der Waals surface area contributed by atoms with Gasteiger partial charge in [0.2, 0.25) is 6.79 Å². The number of thioether (sulfide) groups is 1. The quantitative estimate of drug-likeness (QED) is 0.333. The van der Waals surface area contributed by atoms with Crippen LogP contribution in [0.15, 0.2) is 62.9 Å². The van der Waals surface area contributed by atoms with Gasteiger partial charge in [-0.15, -0.1) is 0 Å². The second-order valence-corrected chi connectivity index (χ2v) is 10.3. The van der Waals surface area contributed by atoms with Gasteiger partial charge in [0, 0.05) is 4.47 Å². The van der Waals surface area contributed by atoms with Crippen molar-refractivity contribution in [2.45, 2.75) is 27.7 Å². The monoisotopic (exact) mass is 534 g/mol. The highest BCUT2D eigenvalue weighted by Gasteiger charge is 2.36. The van der Waals surface area contributed by atoms with Gasteiger partial charge < -0.3 is 9.47 Å². The summed E-state index contributed by atoms with van der Waals surface area (Å²) in [6.07, 6.45) is 1.88. The summed E-state index contributed by atoms with van der Waals surface area (Å²) < 4.78 is 11.8. The van der Waals surface area contributed by atoms with Crippen LogP contribution in [0.1, 0.15) is 27.8 Å². The van der Waals surface area contributed by atoms with Gasteiger partial charge in [0.25, 0.3) is 5.91 Å². The number of rotatable bonds is 3. The van der Waals surface area contributed by atoms with Crippen molar-refractivity contribution in [3.8, 4) is 11.5 Å². The molecule has 0 radical (unpaired) electrons. The van der Waals surface area contributed by atoms with Gasteiger partial charge in [-0.1, -0.05) is 40.2 Å². The fourth-order valence-corrected chi connectivity index (χ4v) is 5.26. The zero-order valence-electron chi connectivity index (χ0n) is 19.3. The summed E-state index contributed by atoms with van der Waals surface area (Å²) in [6.45, 7) is 8.31. The van der Waals surface area contributed by atoms with Gasteiger partial charge >= 0.3 is 0 Å². The van der Waals surface area contributed by atoms with Crippen LogP contribution < -0.4 is 14.4 Å². The first-order valence-corrected chi connectivity index (χ1v) is 12.5. The summed E-state index contributed by atoms with van der Waals surface area (Å²) in [5.41, 5.74) is 6.82. The van der Waals surface area contributed by atoms with E-state index in [1.165, 1.54) is 11.8 Å². The van der Waals surface area contributed by atoms with Crippen molar-refractivity contribution in [3.05, 3.63) is 85.7 Å². The Kier molecular flexibility index (Phi) is 6.00. The molecule has 0 atom stereocenters. The minimum absolute atomic E-state index is 0.104. The van der Waals surface area contributed by atoms with Crippen LogP contribution in [0, 0.1) is 27.7 Å². The lowest BCUT2D eigenvalue weighted by molar-refractivity contribution is -0.113. The Bertz CT molecular complexity index is 1400. The number of benzene rings is 3. The van der Waals surface area contributed by atoms with E-state index in [4.69, 9.17) is 14.5 Å². The van der Waals surface area contributed by atoms with E-state index in [9.17, 15) is 4.79 Å². The predicted molar refractivity (Wildman–Crippen MR) is 142 cm³/mol. The van der Waals surface area contributed by atoms with Gasteiger partial charge in [0.05, 0.1) is 16.3 Å². The largest absolute Gasteiger partial charge is 0.454 e. The number of aliphatic imine (C=N–C) groups is 1. The number of anilines is 1. The third-order valence-corrected chi connectivity index (χ3v) is 7.43. The van der Waals surface area contributed by atoms with Gasteiger partial charge in [-0.05, 0) is 97.6 Å². The van der Waals surface area contributed by atoms with Crippen molar-refractivity contribution in [1.82, 2.24) is 0 Å². The molecule has 3 aromatic carbocycles. The first-order chi connectivity index (χ1) is 16.3. The molecule has 1 fully saturated rings. The Morgan fingerprint density at radius 2 is 1.62 bits per heavy atom. The van der Waals surface area contributed by atoms with Gasteiger partial charge in [-0.2, -0.15) is 0 Å². The molecule has 3 aromatic rings. The Hall–Kier alpha value is -3.03. The molecule has 0 spiro atoms. The number of amidine groups is 1. The highest BCUT2D eigenvalue weighted by Crippen LogP contribution is 2.42. The van der Waals surface area contributed by atoms with E-state index in [-0.39, 0.29) is 12.7 Å². The third kappa shape index (κ3) is 4.26. The molecule has 5 rings (SSSR count). The van der Waals surface area contributed by atoms with E-state index in [1.807, 2.05) is 64.1 Å². The molecule has 34 heavy (non-hydrogen) atoms. The number of halogens is 1. The van der Waals surface area contributed by atoms with Crippen LogP contribution in [-0.4, -0.2) is 17.9 Å². The normalized spacial score (nSPS) is 17.3. The molecule has 7 heteroatoms. The second-order valence-electron chi connectivity index (χ2n) is 8.45. The maximum Gasteiger partial charge on any atom is 0.271 e. The van der Waals surface area contributed by atoms with E-state index in [2.05, 4.69) is 34.1 Å². The molecular formula is C27H23BrN2O3S. The molecule has 172 valence electrons. The molecule has 0 unspecified atom stereocenters. The molecule has 1 amide bonds. The molecule has 0 bridgehead atoms. The van der Waals surface area contributed by atoms with E-state index in [1.54, 1.807) is 4.90 Å². The lowest BCUT2D eigenvalue weighted by Crippen LogP contribution is -2.29. The molecule has 0 aliphatic carbocycles. The zero-order valence-corrected chi connectivity index (χ0v) is 21.7. The number of aryl methyl sites for hydroxylation is 4. The molecule has 2 aliphatic heterocycles. The number of amides is 1. The number of fused-ring (bicyclic) bond motifs is 1. The number of carbonyl (C=O) groups excluding carboxylic acids is 1. The first-order valence-electron chi connectivity index (χ1n) is 10.9. The lowest BCUT2D eigenvalue weighted by atomic mass is 10.1. The van der Waals surface area contributed by atoms with Crippen LogP contribution in [0.4, 0.5) is 11.4 Å². The summed E-state index contributed by atoms with van der Waals surface area (Å²) >= 11 is 4.98. The van der Waals surface area contributed by atoms with E-state index in [0.29, 0.717) is 21.6 Å². The third-order valence-electron chi connectivity index (χ3n) is 5.77. The molecule has 0 saturated carbocycles. The van der Waals surface area contributed by atoms with Gasteiger partial charge in [-0.25, -0.2) is 4.99 Å². The Balaban J connectivity index is 1.63. The maximum atomic E-state index is 13.8. The van der Waals surface area contributed by atoms with Gasteiger partial charge in [0.15, 0.2) is 16.7 Å². The second kappa shape index (κ2) is 8.96. The van der Waals surface area contributed by atoms with Crippen molar-refractivity contribution < 1.29 is 14.3 Å². The van der Waals surface area contributed by atoms with Crippen molar-refractivity contribution in [2.75, 3.05) is 11.7 Å². The smallest absolute Gasteiger partial charge is 0.271 e. The lowest BCUT2D eigenvalue weighted by Gasteiger charge is -2.19. The van der Waals surface area contributed by atoms with Crippen molar-refractivity contribution in [1.29, 1.82) is 0 Å². The SMILES string of the molecule is Cc1ccc(C)c(N=C2SC(=Cc3cc4c(cc3Br)OCO4)C(=O)N2c2cc(C)ccc2C)c1. The number of carbonyl (C=O) groups is 1. The van der Waals surface area contributed by atoms with Crippen molar-refractivity contribution in [3.63, 3.8) is 0 Å². The van der Waals surface area contributed by atoms with E-state index >= 15 is 0 Å². The highest BCUT2D eigenvalue weighted by molar-refractivity contribution is 9.10. The van der Waals surface area contributed by atoms with Gasteiger partial charge in [0.1, 0.15) is 0 Å². The highest BCUT2D eigenvalue weighted by atomic mass is 79.9. The van der Waals surface area contributed by atoms with Crippen LogP contribution >= 0.6 is 27.7 Å². The molecule has 2 aliphatic rings. The van der Waals surface area contributed by atoms with Gasteiger partial charge in [-0.3, -0.25) is 9.69 Å². The minimum atomic E-state index is -0.104. The summed E-state index contributed by atoms with van der Waals surface area (Å²) in [4.78, 5) is 21.0. The fourth-order valence-electron chi connectivity index (χ4n) is 3.85. The molecule has 2 heterocycles. The zero-order chi connectivity index (χ0) is 24.0. The van der Waals surface area contributed by atoms with Crippen molar-refractivity contribution in [2.24, 2.45) is 4.99 Å². The molecule has 5 nitrogen and oxygen atoms in total. The molecular weight excluding hydrogens is 512 g/mol. The van der Waals surface area contributed by atoms with Crippen molar-refractivity contribution >= 4 is 56.2 Å². The number of nitrogens with zero attached hydrogens (tertiary/aromatic N) is 2.